The molecular formula is C13H21N3. The average molecular weight is 219 g/mol. The van der Waals surface area contributed by atoms with Gasteiger partial charge in [0.25, 0.3) is 0 Å². The maximum atomic E-state index is 9.64. The Labute approximate surface area is 98.0 Å². The van der Waals surface area contributed by atoms with Gasteiger partial charge in [-0.2, -0.15) is 5.26 Å². The van der Waals surface area contributed by atoms with Crippen molar-refractivity contribution >= 4 is 0 Å². The van der Waals surface area contributed by atoms with Crippen LogP contribution in [0.5, 0.6) is 0 Å². The molecule has 3 heteroatoms. The number of hydrogen-bond acceptors (Lipinski definition) is 3. The lowest BCUT2D eigenvalue weighted by atomic mass is 9.83. The first-order valence-electron chi connectivity index (χ1n) is 6.63. The lowest BCUT2D eigenvalue weighted by Gasteiger charge is -2.46. The van der Waals surface area contributed by atoms with Gasteiger partial charge in [0, 0.05) is 12.1 Å². The molecule has 3 aliphatic heterocycles. The van der Waals surface area contributed by atoms with Gasteiger partial charge in [0.15, 0.2) is 0 Å². The molecule has 2 bridgehead atoms. The quantitative estimate of drug-likeness (QED) is 0.671. The third-order valence-corrected chi connectivity index (χ3v) is 5.05. The Morgan fingerprint density at radius 2 is 1.69 bits per heavy atom. The topological polar surface area (TPSA) is 30.3 Å². The van der Waals surface area contributed by atoms with E-state index in [1.54, 1.807) is 0 Å². The summed E-state index contributed by atoms with van der Waals surface area (Å²) in [7, 11) is 2.24. The number of fused-ring (bicyclic) bond motifs is 2. The van der Waals surface area contributed by atoms with E-state index < -0.39 is 0 Å². The minimum atomic E-state index is -0.116. The molecule has 3 fully saturated rings. The van der Waals surface area contributed by atoms with Gasteiger partial charge in [0.05, 0.1) is 6.07 Å². The molecule has 0 N–H and O–H groups in total. The van der Waals surface area contributed by atoms with Crippen LogP contribution in [0.4, 0.5) is 0 Å². The third-order valence-electron chi connectivity index (χ3n) is 5.05. The van der Waals surface area contributed by atoms with E-state index in [4.69, 9.17) is 0 Å². The fourth-order valence-electron chi connectivity index (χ4n) is 4.01. The molecule has 3 aliphatic rings. The van der Waals surface area contributed by atoms with Crippen LogP contribution < -0.4 is 0 Å². The minimum Gasteiger partial charge on any atom is -0.300 e. The van der Waals surface area contributed by atoms with Crippen LogP contribution in [-0.2, 0) is 0 Å². The molecule has 2 unspecified atom stereocenters. The van der Waals surface area contributed by atoms with E-state index in [-0.39, 0.29) is 5.54 Å². The lowest BCUT2D eigenvalue weighted by molar-refractivity contribution is 0.0463. The normalized spacial score (nSPS) is 44.8. The van der Waals surface area contributed by atoms with Crippen molar-refractivity contribution in [1.29, 1.82) is 5.26 Å². The highest BCUT2D eigenvalue weighted by Crippen LogP contribution is 2.43. The average Bonchev–Trinajstić information content (AvgIpc) is 2.88. The molecule has 0 aromatic carbocycles. The smallest absolute Gasteiger partial charge is 0.112 e. The highest BCUT2D eigenvalue weighted by Gasteiger charge is 2.50. The summed E-state index contributed by atoms with van der Waals surface area (Å²) in [5.41, 5.74) is -0.116. The summed E-state index contributed by atoms with van der Waals surface area (Å²) >= 11 is 0. The van der Waals surface area contributed by atoms with Gasteiger partial charge in [-0.1, -0.05) is 0 Å². The molecule has 3 nitrogen and oxygen atoms in total. The van der Waals surface area contributed by atoms with Gasteiger partial charge < -0.3 is 4.90 Å². The predicted octanol–water partition coefficient (Wildman–Crippen LogP) is 1.60. The summed E-state index contributed by atoms with van der Waals surface area (Å²) in [5, 5.41) is 9.64. The van der Waals surface area contributed by atoms with E-state index in [1.807, 2.05) is 0 Å². The fourth-order valence-corrected chi connectivity index (χ4v) is 4.01. The minimum absolute atomic E-state index is 0.116. The highest BCUT2D eigenvalue weighted by molar-refractivity contribution is 5.17. The SMILES string of the molecule is CN1C2CCC1CC(C#N)(N1CCCC1)C2. The first-order chi connectivity index (χ1) is 7.75. The lowest BCUT2D eigenvalue weighted by Crippen LogP contribution is -2.56. The van der Waals surface area contributed by atoms with E-state index in [0.717, 1.165) is 25.9 Å². The highest BCUT2D eigenvalue weighted by atomic mass is 15.3. The molecule has 0 radical (unpaired) electrons. The van der Waals surface area contributed by atoms with E-state index in [1.165, 1.54) is 25.7 Å². The fraction of sp³-hybridized carbons (Fsp3) is 0.923. The third kappa shape index (κ3) is 1.40. The van der Waals surface area contributed by atoms with Crippen LogP contribution in [0.2, 0.25) is 0 Å². The first kappa shape index (κ1) is 10.6. The molecule has 0 aromatic rings. The van der Waals surface area contributed by atoms with Gasteiger partial charge >= 0.3 is 0 Å². The molecule has 3 saturated heterocycles. The Hall–Kier alpha value is -0.590. The number of likely N-dealkylation sites (tertiary alicyclic amines) is 1. The van der Waals surface area contributed by atoms with Crippen molar-refractivity contribution < 1.29 is 0 Å². The van der Waals surface area contributed by atoms with Crippen LogP contribution in [0.25, 0.3) is 0 Å². The standard InChI is InChI=1S/C13H21N3/c1-15-11-4-5-12(15)9-13(8-11,10-14)16-6-2-3-7-16/h11-12H,2-9H2,1H3. The summed E-state index contributed by atoms with van der Waals surface area (Å²) < 4.78 is 0. The second-order valence-electron chi connectivity index (χ2n) is 5.80. The van der Waals surface area contributed by atoms with Crippen LogP contribution in [-0.4, -0.2) is 47.6 Å². The van der Waals surface area contributed by atoms with Crippen LogP contribution in [0, 0.1) is 11.3 Å². The Bertz CT molecular complexity index is 300. The Morgan fingerprint density at radius 1 is 1.12 bits per heavy atom. The largest absolute Gasteiger partial charge is 0.300 e. The zero-order valence-electron chi connectivity index (χ0n) is 10.2. The number of piperidine rings is 1. The zero-order chi connectivity index (χ0) is 11.2. The number of nitrogens with zero attached hydrogens (tertiary/aromatic N) is 3. The second kappa shape index (κ2) is 3.72. The van der Waals surface area contributed by atoms with Gasteiger partial charge in [-0.25, -0.2) is 0 Å². The van der Waals surface area contributed by atoms with E-state index in [9.17, 15) is 5.26 Å². The van der Waals surface area contributed by atoms with Gasteiger partial charge in [-0.3, -0.25) is 4.90 Å². The molecule has 16 heavy (non-hydrogen) atoms. The monoisotopic (exact) mass is 219 g/mol. The van der Waals surface area contributed by atoms with Crippen molar-refractivity contribution in [2.45, 2.75) is 56.1 Å². The van der Waals surface area contributed by atoms with Crippen LogP contribution in [0.3, 0.4) is 0 Å². The Balaban J connectivity index is 1.84. The van der Waals surface area contributed by atoms with Crippen molar-refractivity contribution in [3.8, 4) is 6.07 Å². The van der Waals surface area contributed by atoms with Crippen LogP contribution >= 0.6 is 0 Å². The summed E-state index contributed by atoms with van der Waals surface area (Å²) in [4.78, 5) is 5.00. The molecule has 3 heterocycles. The van der Waals surface area contributed by atoms with E-state index in [2.05, 4.69) is 22.9 Å². The van der Waals surface area contributed by atoms with Crippen molar-refractivity contribution in [1.82, 2.24) is 9.80 Å². The predicted molar refractivity (Wildman–Crippen MR) is 63.0 cm³/mol. The van der Waals surface area contributed by atoms with Crippen LogP contribution in [0.15, 0.2) is 0 Å². The van der Waals surface area contributed by atoms with Crippen molar-refractivity contribution in [3.05, 3.63) is 0 Å². The van der Waals surface area contributed by atoms with Crippen molar-refractivity contribution in [2.75, 3.05) is 20.1 Å². The molecule has 2 atom stereocenters. The molecule has 3 rings (SSSR count). The molecule has 0 amide bonds. The van der Waals surface area contributed by atoms with Gasteiger partial charge in [0.1, 0.15) is 5.54 Å². The molecular weight excluding hydrogens is 198 g/mol. The van der Waals surface area contributed by atoms with Gasteiger partial charge in [0.2, 0.25) is 0 Å². The Morgan fingerprint density at radius 3 is 2.19 bits per heavy atom. The van der Waals surface area contributed by atoms with Crippen molar-refractivity contribution in [2.24, 2.45) is 0 Å². The molecule has 0 saturated carbocycles. The summed E-state index contributed by atoms with van der Waals surface area (Å²) in [6, 6.07) is 4.01. The second-order valence-corrected chi connectivity index (χ2v) is 5.80. The van der Waals surface area contributed by atoms with E-state index >= 15 is 0 Å². The maximum absolute atomic E-state index is 9.64. The van der Waals surface area contributed by atoms with Crippen molar-refractivity contribution in [3.63, 3.8) is 0 Å². The first-order valence-corrected chi connectivity index (χ1v) is 6.63. The van der Waals surface area contributed by atoms with E-state index in [0.29, 0.717) is 12.1 Å². The molecule has 0 aromatic heterocycles. The van der Waals surface area contributed by atoms with Gasteiger partial charge in [-0.05, 0) is 58.7 Å². The number of nitriles is 1. The van der Waals surface area contributed by atoms with Gasteiger partial charge in [-0.15, -0.1) is 0 Å². The summed E-state index contributed by atoms with van der Waals surface area (Å²) in [6.07, 6.45) is 7.34. The van der Waals surface area contributed by atoms with Crippen LogP contribution in [0.1, 0.15) is 38.5 Å². The summed E-state index contributed by atoms with van der Waals surface area (Å²) in [6.45, 7) is 2.30. The Kier molecular flexibility index (Phi) is 2.45. The number of rotatable bonds is 1. The zero-order valence-corrected chi connectivity index (χ0v) is 10.2. The molecule has 0 aliphatic carbocycles. The summed E-state index contributed by atoms with van der Waals surface area (Å²) in [5.74, 6) is 0. The maximum Gasteiger partial charge on any atom is 0.112 e. The number of hydrogen-bond donors (Lipinski definition) is 0. The molecule has 88 valence electrons. The molecule has 0 spiro atoms.